The smallest absolute Gasteiger partial charge is 0.326 e. The lowest BCUT2D eigenvalue weighted by Gasteiger charge is -2.25. The molecule has 2 N–H and O–H groups in total. The van der Waals surface area contributed by atoms with Crippen LogP contribution in [0.4, 0.5) is 4.79 Å². The monoisotopic (exact) mass is 299 g/mol. The molecule has 0 bridgehead atoms. The van der Waals surface area contributed by atoms with Crippen molar-refractivity contribution in [1.82, 2.24) is 15.1 Å². The van der Waals surface area contributed by atoms with Crippen LogP contribution in [0.3, 0.4) is 0 Å². The second-order valence-electron chi connectivity index (χ2n) is 5.59. The molecule has 2 unspecified atom stereocenters. The maximum atomic E-state index is 12.0. The Hall–Kier alpha value is -1.79. The van der Waals surface area contributed by atoms with Gasteiger partial charge in [0.1, 0.15) is 12.6 Å². The number of aliphatic carboxylic acids is 1. The van der Waals surface area contributed by atoms with Crippen molar-refractivity contribution >= 4 is 17.9 Å². The molecule has 7 nitrogen and oxygen atoms in total. The zero-order chi connectivity index (χ0) is 16.0. The number of hydrogen-bond acceptors (Lipinski definition) is 3. The molecule has 1 heterocycles. The van der Waals surface area contributed by atoms with E-state index in [1.807, 2.05) is 6.92 Å². The number of hydrogen-bond donors (Lipinski definition) is 2. The van der Waals surface area contributed by atoms with Crippen LogP contribution in [0.1, 0.15) is 33.1 Å². The highest BCUT2D eigenvalue weighted by atomic mass is 16.4. The standard InChI is InChI=1S/C14H25N3O4/c1-4-10(2)12(13(19)20)15-14(21)16(3)9-11(18)17-7-5-6-8-17/h10,12H,4-9H2,1-3H3,(H,15,21)(H,19,20). The van der Waals surface area contributed by atoms with Crippen molar-refractivity contribution in [1.29, 1.82) is 0 Å². The molecule has 1 rings (SSSR count). The number of likely N-dealkylation sites (tertiary alicyclic amines) is 1. The highest BCUT2D eigenvalue weighted by Crippen LogP contribution is 2.10. The molecule has 120 valence electrons. The molecule has 1 fully saturated rings. The summed E-state index contributed by atoms with van der Waals surface area (Å²) in [7, 11) is 1.50. The second-order valence-corrected chi connectivity index (χ2v) is 5.59. The van der Waals surface area contributed by atoms with Crippen LogP contribution in [-0.4, -0.2) is 65.5 Å². The van der Waals surface area contributed by atoms with Crippen molar-refractivity contribution in [2.24, 2.45) is 5.92 Å². The molecule has 0 saturated carbocycles. The van der Waals surface area contributed by atoms with Crippen LogP contribution in [-0.2, 0) is 9.59 Å². The molecule has 1 aliphatic heterocycles. The van der Waals surface area contributed by atoms with E-state index < -0.39 is 18.0 Å². The molecule has 2 atom stereocenters. The number of carboxylic acid groups (broad SMARTS) is 1. The predicted octanol–water partition coefficient (Wildman–Crippen LogP) is 0.750. The number of urea groups is 1. The first-order chi connectivity index (χ1) is 9.86. The Morgan fingerprint density at radius 2 is 1.86 bits per heavy atom. The van der Waals surface area contributed by atoms with E-state index in [0.29, 0.717) is 6.42 Å². The van der Waals surface area contributed by atoms with Gasteiger partial charge in [0.25, 0.3) is 0 Å². The molecule has 21 heavy (non-hydrogen) atoms. The summed E-state index contributed by atoms with van der Waals surface area (Å²) >= 11 is 0. The molecule has 0 spiro atoms. The Morgan fingerprint density at radius 1 is 1.29 bits per heavy atom. The molecular formula is C14H25N3O4. The van der Waals surface area contributed by atoms with Gasteiger partial charge in [-0.15, -0.1) is 0 Å². The van der Waals surface area contributed by atoms with Crippen molar-refractivity contribution in [3.8, 4) is 0 Å². The number of nitrogens with one attached hydrogen (secondary N) is 1. The maximum Gasteiger partial charge on any atom is 0.326 e. The van der Waals surface area contributed by atoms with Crippen LogP contribution >= 0.6 is 0 Å². The first-order valence-electron chi connectivity index (χ1n) is 7.39. The number of amides is 3. The van der Waals surface area contributed by atoms with E-state index in [9.17, 15) is 14.4 Å². The summed E-state index contributed by atoms with van der Waals surface area (Å²) < 4.78 is 0. The van der Waals surface area contributed by atoms with Crippen LogP contribution in [0, 0.1) is 5.92 Å². The number of likely N-dealkylation sites (N-methyl/N-ethyl adjacent to an activating group) is 1. The van der Waals surface area contributed by atoms with Crippen molar-refractivity contribution < 1.29 is 19.5 Å². The topological polar surface area (TPSA) is 90.0 Å². The van der Waals surface area contributed by atoms with Gasteiger partial charge in [-0.05, 0) is 18.8 Å². The first kappa shape index (κ1) is 17.3. The lowest BCUT2D eigenvalue weighted by Crippen LogP contribution is -2.51. The molecule has 7 heteroatoms. The molecule has 0 aromatic heterocycles. The Bertz CT molecular complexity index is 394. The molecule has 0 aromatic rings. The summed E-state index contributed by atoms with van der Waals surface area (Å²) in [5.74, 6) is -1.33. The number of rotatable bonds is 6. The van der Waals surface area contributed by atoms with E-state index in [4.69, 9.17) is 5.11 Å². The zero-order valence-electron chi connectivity index (χ0n) is 13.0. The molecule has 0 radical (unpaired) electrons. The van der Waals surface area contributed by atoms with Crippen molar-refractivity contribution in [3.63, 3.8) is 0 Å². The Labute approximate surface area is 125 Å². The van der Waals surface area contributed by atoms with Crippen molar-refractivity contribution in [3.05, 3.63) is 0 Å². The molecule has 1 aliphatic rings. The minimum Gasteiger partial charge on any atom is -0.480 e. The van der Waals surface area contributed by atoms with E-state index in [1.165, 1.54) is 11.9 Å². The summed E-state index contributed by atoms with van der Waals surface area (Å²) in [6.45, 7) is 5.08. The third-order valence-corrected chi connectivity index (χ3v) is 3.94. The SMILES string of the molecule is CCC(C)C(NC(=O)N(C)CC(=O)N1CCCC1)C(=O)O. The molecule has 0 aliphatic carbocycles. The maximum absolute atomic E-state index is 12.0. The van der Waals surface area contributed by atoms with E-state index in [2.05, 4.69) is 5.32 Å². The fourth-order valence-corrected chi connectivity index (χ4v) is 2.27. The van der Waals surface area contributed by atoms with Gasteiger partial charge in [-0.3, -0.25) is 4.79 Å². The highest BCUT2D eigenvalue weighted by Gasteiger charge is 2.27. The Kier molecular flexibility index (Phi) is 6.45. The van der Waals surface area contributed by atoms with Gasteiger partial charge in [-0.25, -0.2) is 9.59 Å². The number of carbonyl (C=O) groups is 3. The van der Waals surface area contributed by atoms with Crippen LogP contribution < -0.4 is 5.32 Å². The molecule has 1 saturated heterocycles. The lowest BCUT2D eigenvalue weighted by molar-refractivity contribution is -0.140. The van der Waals surface area contributed by atoms with Gasteiger partial charge in [0.2, 0.25) is 5.91 Å². The fraction of sp³-hybridized carbons (Fsp3) is 0.786. The third-order valence-electron chi connectivity index (χ3n) is 3.94. The summed E-state index contributed by atoms with van der Waals surface area (Å²) in [6, 6.07) is -1.47. The molecular weight excluding hydrogens is 274 g/mol. The Morgan fingerprint density at radius 3 is 2.33 bits per heavy atom. The average Bonchev–Trinajstić information content (AvgIpc) is 2.97. The van der Waals surface area contributed by atoms with Gasteiger partial charge in [-0.1, -0.05) is 20.3 Å². The predicted molar refractivity (Wildman–Crippen MR) is 77.9 cm³/mol. The van der Waals surface area contributed by atoms with E-state index >= 15 is 0 Å². The van der Waals surface area contributed by atoms with Gasteiger partial charge in [-0.2, -0.15) is 0 Å². The number of nitrogens with zero attached hydrogens (tertiary/aromatic N) is 2. The van der Waals surface area contributed by atoms with Crippen LogP contribution in [0.15, 0.2) is 0 Å². The summed E-state index contributed by atoms with van der Waals surface area (Å²) in [6.07, 6.45) is 2.64. The zero-order valence-corrected chi connectivity index (χ0v) is 13.0. The largest absolute Gasteiger partial charge is 0.480 e. The molecule has 0 aromatic carbocycles. The summed E-state index contributed by atoms with van der Waals surface area (Å²) in [4.78, 5) is 38.1. The fourth-order valence-electron chi connectivity index (χ4n) is 2.27. The van der Waals surface area contributed by atoms with E-state index in [0.717, 1.165) is 25.9 Å². The normalized spacial score (nSPS) is 17.2. The van der Waals surface area contributed by atoms with E-state index in [-0.39, 0.29) is 18.4 Å². The first-order valence-corrected chi connectivity index (χ1v) is 7.39. The van der Waals surface area contributed by atoms with Crippen molar-refractivity contribution in [2.75, 3.05) is 26.7 Å². The quantitative estimate of drug-likeness (QED) is 0.757. The van der Waals surface area contributed by atoms with Gasteiger partial charge < -0.3 is 20.2 Å². The number of carboxylic acids is 1. The minimum absolute atomic E-state index is 0.0291. The highest BCUT2D eigenvalue weighted by molar-refractivity contribution is 5.86. The summed E-state index contributed by atoms with van der Waals surface area (Å²) in [5.41, 5.74) is 0. The Balaban J connectivity index is 2.52. The van der Waals surface area contributed by atoms with Gasteiger partial charge in [0.05, 0.1) is 0 Å². The van der Waals surface area contributed by atoms with Crippen LogP contribution in [0.2, 0.25) is 0 Å². The van der Waals surface area contributed by atoms with Gasteiger partial charge in [0.15, 0.2) is 0 Å². The summed E-state index contributed by atoms with van der Waals surface area (Å²) in [5, 5.41) is 11.6. The van der Waals surface area contributed by atoms with Crippen LogP contribution in [0.5, 0.6) is 0 Å². The minimum atomic E-state index is -1.06. The molecule has 3 amide bonds. The van der Waals surface area contributed by atoms with Gasteiger partial charge >= 0.3 is 12.0 Å². The lowest BCUT2D eigenvalue weighted by atomic mass is 9.99. The second kappa shape index (κ2) is 7.85. The van der Waals surface area contributed by atoms with Gasteiger partial charge in [0, 0.05) is 20.1 Å². The van der Waals surface area contributed by atoms with Crippen LogP contribution in [0.25, 0.3) is 0 Å². The average molecular weight is 299 g/mol. The third kappa shape index (κ3) is 4.91. The number of carbonyl (C=O) groups excluding carboxylic acids is 2. The van der Waals surface area contributed by atoms with E-state index in [1.54, 1.807) is 11.8 Å². The van der Waals surface area contributed by atoms with Crippen molar-refractivity contribution in [2.45, 2.75) is 39.2 Å².